The van der Waals surface area contributed by atoms with Gasteiger partial charge in [0.2, 0.25) is 0 Å². The number of piperidine rings is 1. The molecule has 1 aliphatic heterocycles. The van der Waals surface area contributed by atoms with Crippen molar-refractivity contribution in [1.29, 1.82) is 0 Å². The molecule has 1 heterocycles. The van der Waals surface area contributed by atoms with Gasteiger partial charge in [-0.05, 0) is 43.5 Å². The van der Waals surface area contributed by atoms with Crippen LogP contribution >= 0.6 is 0 Å². The Morgan fingerprint density at radius 1 is 1.25 bits per heavy atom. The van der Waals surface area contributed by atoms with Gasteiger partial charge in [-0.15, -0.1) is 0 Å². The second kappa shape index (κ2) is 5.35. The molecule has 0 radical (unpaired) electrons. The van der Waals surface area contributed by atoms with E-state index in [0.717, 1.165) is 18.3 Å². The second-order valence-electron chi connectivity index (χ2n) is 4.77. The fourth-order valence-electron chi connectivity index (χ4n) is 2.59. The summed E-state index contributed by atoms with van der Waals surface area (Å²) < 4.78 is 0. The van der Waals surface area contributed by atoms with Crippen LogP contribution in [0.2, 0.25) is 0 Å². The van der Waals surface area contributed by atoms with Crippen molar-refractivity contribution in [3.05, 3.63) is 29.8 Å². The Hall–Kier alpha value is -1.02. The number of rotatable bonds is 3. The van der Waals surface area contributed by atoms with Gasteiger partial charge in [-0.3, -0.25) is 4.90 Å². The lowest BCUT2D eigenvalue weighted by Crippen LogP contribution is -2.38. The third kappa shape index (κ3) is 2.76. The third-order valence-corrected chi connectivity index (χ3v) is 3.59. The maximum Gasteiger partial charge on any atom is 0.0314 e. The Morgan fingerprint density at radius 3 is 2.69 bits per heavy atom. The summed E-state index contributed by atoms with van der Waals surface area (Å²) in [6, 6.07) is 9.08. The number of hydrogen-bond acceptors (Lipinski definition) is 2. The standard InChI is InChI=1S/C14H22N2/c1-2-14-5-3-4-10-16(14)11-12-6-8-13(15)9-7-12/h6-9,14H,2-5,10-11,15H2,1H3/t14-/m1/s1. The minimum Gasteiger partial charge on any atom is -0.399 e. The quantitative estimate of drug-likeness (QED) is 0.790. The molecule has 0 spiro atoms. The van der Waals surface area contributed by atoms with Crippen molar-refractivity contribution in [2.75, 3.05) is 12.3 Å². The normalized spacial score (nSPS) is 22.2. The second-order valence-corrected chi connectivity index (χ2v) is 4.77. The Bertz CT molecular complexity index is 318. The lowest BCUT2D eigenvalue weighted by Gasteiger charge is -2.35. The van der Waals surface area contributed by atoms with Gasteiger partial charge in [0.25, 0.3) is 0 Å². The van der Waals surface area contributed by atoms with Gasteiger partial charge in [-0.25, -0.2) is 0 Å². The SMILES string of the molecule is CC[C@@H]1CCCCN1Cc1ccc(N)cc1. The zero-order chi connectivity index (χ0) is 11.4. The Balaban J connectivity index is 1.99. The predicted octanol–water partition coefficient (Wildman–Crippen LogP) is 3.03. The molecule has 2 rings (SSSR count). The van der Waals surface area contributed by atoms with Crippen molar-refractivity contribution in [2.45, 2.75) is 45.2 Å². The molecule has 2 nitrogen and oxygen atoms in total. The molecule has 2 heteroatoms. The van der Waals surface area contributed by atoms with Crippen LogP contribution in [0.15, 0.2) is 24.3 Å². The lowest BCUT2D eigenvalue weighted by atomic mass is 9.99. The molecule has 0 aromatic heterocycles. The van der Waals surface area contributed by atoms with Gasteiger partial charge in [-0.2, -0.15) is 0 Å². The zero-order valence-electron chi connectivity index (χ0n) is 10.2. The largest absolute Gasteiger partial charge is 0.399 e. The van der Waals surface area contributed by atoms with Crippen LogP contribution in [0.25, 0.3) is 0 Å². The molecule has 0 aliphatic carbocycles. The van der Waals surface area contributed by atoms with E-state index in [4.69, 9.17) is 5.73 Å². The Labute approximate surface area is 98.4 Å². The van der Waals surface area contributed by atoms with Gasteiger partial charge >= 0.3 is 0 Å². The van der Waals surface area contributed by atoms with E-state index in [-0.39, 0.29) is 0 Å². The molecule has 1 aliphatic rings. The van der Waals surface area contributed by atoms with E-state index < -0.39 is 0 Å². The van der Waals surface area contributed by atoms with Crippen LogP contribution in [0, 0.1) is 0 Å². The van der Waals surface area contributed by atoms with Crippen LogP contribution in [0.3, 0.4) is 0 Å². The summed E-state index contributed by atoms with van der Waals surface area (Å²) in [4.78, 5) is 2.62. The van der Waals surface area contributed by atoms with Crippen LogP contribution in [0.1, 0.15) is 38.2 Å². The van der Waals surface area contributed by atoms with Crippen LogP contribution in [-0.4, -0.2) is 17.5 Å². The van der Waals surface area contributed by atoms with E-state index in [9.17, 15) is 0 Å². The monoisotopic (exact) mass is 218 g/mol. The van der Waals surface area contributed by atoms with E-state index in [1.165, 1.54) is 37.8 Å². The van der Waals surface area contributed by atoms with Crippen molar-refractivity contribution < 1.29 is 0 Å². The highest BCUT2D eigenvalue weighted by Gasteiger charge is 2.20. The summed E-state index contributed by atoms with van der Waals surface area (Å²) in [5.74, 6) is 0. The number of anilines is 1. The summed E-state index contributed by atoms with van der Waals surface area (Å²) in [6.45, 7) is 4.63. The zero-order valence-corrected chi connectivity index (χ0v) is 10.2. The highest BCUT2D eigenvalue weighted by molar-refractivity contribution is 5.39. The summed E-state index contributed by atoms with van der Waals surface area (Å²) >= 11 is 0. The number of nitrogen functional groups attached to an aromatic ring is 1. The third-order valence-electron chi connectivity index (χ3n) is 3.59. The molecule has 0 amide bonds. The summed E-state index contributed by atoms with van der Waals surface area (Å²) in [5.41, 5.74) is 7.94. The van der Waals surface area contributed by atoms with E-state index in [0.29, 0.717) is 0 Å². The molecule has 1 aromatic carbocycles. The molecule has 1 atom stereocenters. The van der Waals surface area contributed by atoms with E-state index in [1.807, 2.05) is 12.1 Å². The molecule has 2 N–H and O–H groups in total. The number of benzene rings is 1. The molecule has 88 valence electrons. The van der Waals surface area contributed by atoms with Crippen LogP contribution in [-0.2, 0) is 6.54 Å². The molecular weight excluding hydrogens is 196 g/mol. The van der Waals surface area contributed by atoms with Crippen LogP contribution in [0.4, 0.5) is 5.69 Å². The molecule has 1 saturated heterocycles. The van der Waals surface area contributed by atoms with Crippen molar-refractivity contribution >= 4 is 5.69 Å². The lowest BCUT2D eigenvalue weighted by molar-refractivity contribution is 0.136. The molecular formula is C14H22N2. The molecule has 0 bridgehead atoms. The minimum atomic E-state index is 0.784. The van der Waals surface area contributed by atoms with Crippen molar-refractivity contribution in [1.82, 2.24) is 4.90 Å². The van der Waals surface area contributed by atoms with E-state index in [1.54, 1.807) is 0 Å². The first-order valence-corrected chi connectivity index (χ1v) is 6.38. The van der Waals surface area contributed by atoms with Gasteiger partial charge in [-0.1, -0.05) is 25.5 Å². The van der Waals surface area contributed by atoms with E-state index >= 15 is 0 Å². The first kappa shape index (κ1) is 11.5. The summed E-state index contributed by atoms with van der Waals surface area (Å²) in [6.07, 6.45) is 5.39. The maximum atomic E-state index is 5.70. The smallest absolute Gasteiger partial charge is 0.0314 e. The summed E-state index contributed by atoms with van der Waals surface area (Å²) in [7, 11) is 0. The van der Waals surface area contributed by atoms with Gasteiger partial charge in [0, 0.05) is 18.3 Å². The first-order chi connectivity index (χ1) is 7.79. The van der Waals surface area contributed by atoms with Gasteiger partial charge in [0.1, 0.15) is 0 Å². The number of nitrogens with two attached hydrogens (primary N) is 1. The van der Waals surface area contributed by atoms with Crippen molar-refractivity contribution in [3.8, 4) is 0 Å². The highest BCUT2D eigenvalue weighted by Crippen LogP contribution is 2.21. The fourth-order valence-corrected chi connectivity index (χ4v) is 2.59. The predicted molar refractivity (Wildman–Crippen MR) is 69.2 cm³/mol. The number of hydrogen-bond donors (Lipinski definition) is 1. The Morgan fingerprint density at radius 2 is 2.00 bits per heavy atom. The van der Waals surface area contributed by atoms with E-state index in [2.05, 4.69) is 24.0 Å². The molecule has 1 aromatic rings. The van der Waals surface area contributed by atoms with Gasteiger partial charge in [0.05, 0.1) is 0 Å². The van der Waals surface area contributed by atoms with Crippen LogP contribution in [0.5, 0.6) is 0 Å². The van der Waals surface area contributed by atoms with Crippen molar-refractivity contribution in [3.63, 3.8) is 0 Å². The number of likely N-dealkylation sites (tertiary alicyclic amines) is 1. The van der Waals surface area contributed by atoms with Crippen molar-refractivity contribution in [2.24, 2.45) is 0 Å². The topological polar surface area (TPSA) is 29.3 Å². The summed E-state index contributed by atoms with van der Waals surface area (Å²) in [5, 5.41) is 0. The average molecular weight is 218 g/mol. The molecule has 1 fully saturated rings. The first-order valence-electron chi connectivity index (χ1n) is 6.38. The molecule has 0 saturated carbocycles. The number of nitrogens with zero attached hydrogens (tertiary/aromatic N) is 1. The molecule has 16 heavy (non-hydrogen) atoms. The van der Waals surface area contributed by atoms with Gasteiger partial charge < -0.3 is 5.73 Å². The maximum absolute atomic E-state index is 5.70. The molecule has 0 unspecified atom stereocenters. The van der Waals surface area contributed by atoms with Crippen LogP contribution < -0.4 is 5.73 Å². The van der Waals surface area contributed by atoms with Gasteiger partial charge in [0.15, 0.2) is 0 Å². The highest BCUT2D eigenvalue weighted by atomic mass is 15.2. The Kier molecular flexibility index (Phi) is 3.83. The average Bonchev–Trinajstić information content (AvgIpc) is 2.33. The fraction of sp³-hybridized carbons (Fsp3) is 0.571. The minimum absolute atomic E-state index is 0.784.